The van der Waals surface area contributed by atoms with Gasteiger partial charge in [-0.05, 0) is 20.8 Å². The van der Waals surface area contributed by atoms with E-state index in [2.05, 4.69) is 0 Å². The molecular weight excluding hydrogens is 266 g/mol. The number of ether oxygens (including phenoxy) is 1. The molecule has 0 saturated heterocycles. The zero-order valence-electron chi connectivity index (χ0n) is 10.5. The van der Waals surface area contributed by atoms with Crippen LogP contribution in [0, 0.1) is 30.3 Å². The van der Waals surface area contributed by atoms with E-state index in [1.54, 1.807) is 0 Å². The molecule has 0 radical (unpaired) electrons. The quantitative estimate of drug-likeness (QED) is 0.296. The molecule has 0 spiro atoms. The first-order valence-corrected chi connectivity index (χ1v) is 5.09. The molecule has 0 atom stereocenters. The summed E-state index contributed by atoms with van der Waals surface area (Å²) in [6.45, 7) is 4.56. The maximum atomic E-state index is 11.3. The van der Waals surface area contributed by atoms with Gasteiger partial charge in [0, 0.05) is 0 Å². The average molecular weight is 279 g/mol. The van der Waals surface area contributed by atoms with Crippen molar-refractivity contribution >= 4 is 5.97 Å². The molecule has 0 heterocycles. The van der Waals surface area contributed by atoms with Crippen LogP contribution in [0.2, 0.25) is 0 Å². The van der Waals surface area contributed by atoms with Crippen LogP contribution in [0.25, 0.3) is 0 Å². The van der Waals surface area contributed by atoms with Gasteiger partial charge >= 0.3 is 11.8 Å². The smallest absolute Gasteiger partial charge is 0.460 e. The highest BCUT2D eigenvalue weighted by Gasteiger charge is 2.69. The Morgan fingerprint density at radius 1 is 1.00 bits per heavy atom. The fraction of sp³-hybridized carbons (Fsp3) is 0.875. The molecular formula is C8H13N3O8. The fourth-order valence-electron chi connectivity index (χ4n) is 1.14. The summed E-state index contributed by atoms with van der Waals surface area (Å²) < 4.78 is 4.77. The van der Waals surface area contributed by atoms with Crippen molar-refractivity contribution < 1.29 is 24.3 Å². The Morgan fingerprint density at radius 2 is 1.37 bits per heavy atom. The summed E-state index contributed by atoms with van der Waals surface area (Å²) in [5.41, 5.74) is -0.891. The molecule has 0 bridgehead atoms. The second-order valence-electron chi connectivity index (χ2n) is 4.63. The Balaban J connectivity index is 4.98. The molecule has 0 unspecified atom stereocenters. The van der Waals surface area contributed by atoms with Gasteiger partial charge in [-0.3, -0.25) is 35.1 Å². The molecule has 11 nitrogen and oxygen atoms in total. The first-order valence-electron chi connectivity index (χ1n) is 5.09. The van der Waals surface area contributed by atoms with E-state index < -0.39 is 45.0 Å². The summed E-state index contributed by atoms with van der Waals surface area (Å²) >= 11 is 0. The largest absolute Gasteiger partial charge is 0.700 e. The highest BCUT2D eigenvalue weighted by atomic mass is 16.7. The molecule has 108 valence electrons. The molecule has 0 aromatic heterocycles. The number of esters is 1. The molecule has 0 aliphatic carbocycles. The minimum Gasteiger partial charge on any atom is -0.460 e. The summed E-state index contributed by atoms with van der Waals surface area (Å²) in [4.78, 5) is 38.1. The summed E-state index contributed by atoms with van der Waals surface area (Å²) in [7, 11) is 0. The monoisotopic (exact) mass is 279 g/mol. The van der Waals surface area contributed by atoms with Crippen LogP contribution in [0.1, 0.15) is 33.6 Å². The number of nitro groups is 3. The SMILES string of the molecule is CC(C)(C)OC(=O)CCC([N+](=O)[O-])([N+](=O)[O-])[N+](=O)[O-]. The molecule has 0 aromatic rings. The van der Waals surface area contributed by atoms with E-state index in [-0.39, 0.29) is 0 Å². The molecule has 0 N–H and O–H groups in total. The van der Waals surface area contributed by atoms with Crippen LogP contribution < -0.4 is 0 Å². The van der Waals surface area contributed by atoms with E-state index in [0.717, 1.165) is 0 Å². The lowest BCUT2D eigenvalue weighted by atomic mass is 10.1. The Labute approximate surface area is 107 Å². The van der Waals surface area contributed by atoms with Crippen molar-refractivity contribution in [1.29, 1.82) is 0 Å². The molecule has 11 heteroatoms. The first kappa shape index (κ1) is 16.7. The van der Waals surface area contributed by atoms with Gasteiger partial charge < -0.3 is 4.74 Å². The van der Waals surface area contributed by atoms with E-state index in [1.807, 2.05) is 0 Å². The molecule has 0 amide bonds. The maximum absolute atomic E-state index is 11.3. The van der Waals surface area contributed by atoms with Gasteiger partial charge in [0.25, 0.3) is 0 Å². The van der Waals surface area contributed by atoms with Gasteiger partial charge in [0.2, 0.25) is 0 Å². The van der Waals surface area contributed by atoms with Gasteiger partial charge in [-0.1, -0.05) is 0 Å². The van der Waals surface area contributed by atoms with Crippen molar-refractivity contribution in [3.63, 3.8) is 0 Å². The lowest BCUT2D eigenvalue weighted by Gasteiger charge is -2.19. The molecule has 0 aliphatic rings. The minimum atomic E-state index is -3.63. The van der Waals surface area contributed by atoms with Crippen molar-refractivity contribution in [2.45, 2.75) is 45.0 Å². The third kappa shape index (κ3) is 4.12. The molecule has 0 saturated carbocycles. The zero-order chi connectivity index (χ0) is 15.4. The Kier molecular flexibility index (Phi) is 4.86. The summed E-state index contributed by atoms with van der Waals surface area (Å²) in [6.07, 6.45) is -1.99. The predicted octanol–water partition coefficient (Wildman–Crippen LogP) is 0.592. The third-order valence-electron chi connectivity index (χ3n) is 1.96. The van der Waals surface area contributed by atoms with Crippen molar-refractivity contribution in [3.8, 4) is 0 Å². The molecule has 0 rings (SSSR count). The topological polar surface area (TPSA) is 156 Å². The van der Waals surface area contributed by atoms with Crippen molar-refractivity contribution in [2.75, 3.05) is 0 Å². The number of hydrogen-bond donors (Lipinski definition) is 0. The Morgan fingerprint density at radius 3 is 1.63 bits per heavy atom. The van der Waals surface area contributed by atoms with E-state index in [0.29, 0.717) is 0 Å². The van der Waals surface area contributed by atoms with E-state index >= 15 is 0 Å². The summed E-state index contributed by atoms with van der Waals surface area (Å²) in [5.74, 6) is -4.61. The van der Waals surface area contributed by atoms with Crippen molar-refractivity contribution in [3.05, 3.63) is 30.3 Å². The van der Waals surface area contributed by atoms with Crippen LogP contribution in [0.4, 0.5) is 0 Å². The third-order valence-corrected chi connectivity index (χ3v) is 1.96. The highest BCUT2D eigenvalue weighted by molar-refractivity contribution is 5.69. The van der Waals surface area contributed by atoms with Gasteiger partial charge in [-0.25, -0.2) is 0 Å². The Bertz CT molecular complexity index is 377. The number of hydrogen-bond acceptors (Lipinski definition) is 8. The van der Waals surface area contributed by atoms with Gasteiger partial charge in [-0.2, -0.15) is 0 Å². The number of carbonyl (C=O) groups is 1. The molecule has 0 aliphatic heterocycles. The number of nitrogens with zero attached hydrogens (tertiary/aromatic N) is 3. The van der Waals surface area contributed by atoms with Crippen LogP contribution in [0.3, 0.4) is 0 Å². The van der Waals surface area contributed by atoms with Gasteiger partial charge in [0.1, 0.15) is 5.60 Å². The Hall–Kier alpha value is -2.33. The standard InChI is InChI=1S/C8H13N3O8/c1-7(2,3)19-6(12)4-5-8(9(13)14,10(15)16)11(17)18/h4-5H2,1-3H3. The molecule has 0 aromatic carbocycles. The lowest BCUT2D eigenvalue weighted by molar-refractivity contribution is -0.970. The average Bonchev–Trinajstić information content (AvgIpc) is 2.13. The maximum Gasteiger partial charge on any atom is 0.700 e. The summed E-state index contributed by atoms with van der Waals surface area (Å²) in [5, 5.41) is 31.7. The second-order valence-corrected chi connectivity index (χ2v) is 4.63. The van der Waals surface area contributed by atoms with Crippen LogP contribution in [-0.2, 0) is 9.53 Å². The fourth-order valence-corrected chi connectivity index (χ4v) is 1.14. The lowest BCUT2D eigenvalue weighted by Crippen LogP contribution is -2.53. The van der Waals surface area contributed by atoms with Crippen LogP contribution in [0.5, 0.6) is 0 Å². The van der Waals surface area contributed by atoms with Crippen LogP contribution >= 0.6 is 0 Å². The van der Waals surface area contributed by atoms with E-state index in [9.17, 15) is 35.1 Å². The number of rotatable bonds is 6. The molecule has 19 heavy (non-hydrogen) atoms. The number of carbonyl (C=O) groups excluding carboxylic acids is 1. The zero-order valence-corrected chi connectivity index (χ0v) is 10.5. The van der Waals surface area contributed by atoms with E-state index in [4.69, 9.17) is 4.74 Å². The minimum absolute atomic E-state index is 0.805. The predicted molar refractivity (Wildman–Crippen MR) is 58.8 cm³/mol. The first-order chi connectivity index (χ1) is 8.43. The van der Waals surface area contributed by atoms with Crippen LogP contribution in [0.15, 0.2) is 0 Å². The molecule has 0 fully saturated rings. The van der Waals surface area contributed by atoms with Gasteiger partial charge in [0.15, 0.2) is 21.2 Å². The normalized spacial score (nSPS) is 11.7. The second kappa shape index (κ2) is 5.54. The van der Waals surface area contributed by atoms with Crippen LogP contribution in [-0.4, -0.2) is 32.1 Å². The highest BCUT2D eigenvalue weighted by Crippen LogP contribution is 2.20. The van der Waals surface area contributed by atoms with E-state index in [1.165, 1.54) is 20.8 Å². The van der Waals surface area contributed by atoms with Gasteiger partial charge in [-0.15, -0.1) is 0 Å². The van der Waals surface area contributed by atoms with Crippen molar-refractivity contribution in [2.24, 2.45) is 0 Å². The summed E-state index contributed by atoms with van der Waals surface area (Å²) in [6, 6.07) is 0. The van der Waals surface area contributed by atoms with Crippen molar-refractivity contribution in [1.82, 2.24) is 0 Å². The van der Waals surface area contributed by atoms with Gasteiger partial charge in [0.05, 0.1) is 6.42 Å².